The molecular weight excluding hydrogens is 278 g/mol. The summed E-state index contributed by atoms with van der Waals surface area (Å²) in [6.45, 7) is 2.39. The second-order valence-electron chi connectivity index (χ2n) is 3.92. The molecule has 0 unspecified atom stereocenters. The summed E-state index contributed by atoms with van der Waals surface area (Å²) >= 11 is 3.19. The first-order chi connectivity index (χ1) is 9.17. The topological polar surface area (TPSA) is 54.0 Å². The van der Waals surface area contributed by atoms with Gasteiger partial charge >= 0.3 is 6.03 Å². The Bertz CT molecular complexity index is 569. The highest BCUT2D eigenvalue weighted by molar-refractivity contribution is 7.98. The van der Waals surface area contributed by atoms with E-state index in [9.17, 15) is 4.79 Å². The standard InChI is InChI=1S/C13H15N3OS2/c1-9-8-19-12(15-9)7-14-13(17)16-10-4-3-5-11(6-10)18-2/h3-6,8H,7H2,1-2H3,(H2,14,16,17). The number of nitrogens with zero attached hydrogens (tertiary/aromatic N) is 1. The molecule has 0 atom stereocenters. The summed E-state index contributed by atoms with van der Waals surface area (Å²) in [4.78, 5) is 17.1. The second-order valence-corrected chi connectivity index (χ2v) is 5.74. The van der Waals surface area contributed by atoms with Gasteiger partial charge in [0.2, 0.25) is 0 Å². The molecule has 1 heterocycles. The minimum absolute atomic E-state index is 0.217. The van der Waals surface area contributed by atoms with Crippen LogP contribution in [0.3, 0.4) is 0 Å². The van der Waals surface area contributed by atoms with Crippen LogP contribution in [0.15, 0.2) is 34.5 Å². The van der Waals surface area contributed by atoms with E-state index < -0.39 is 0 Å². The molecule has 0 spiro atoms. The normalized spacial score (nSPS) is 10.2. The van der Waals surface area contributed by atoms with Crippen LogP contribution in [-0.4, -0.2) is 17.3 Å². The second kappa shape index (κ2) is 6.58. The van der Waals surface area contributed by atoms with Gasteiger partial charge in [-0.25, -0.2) is 9.78 Å². The van der Waals surface area contributed by atoms with Crippen LogP contribution >= 0.6 is 23.1 Å². The number of anilines is 1. The molecule has 0 aliphatic heterocycles. The molecule has 0 radical (unpaired) electrons. The fourth-order valence-corrected chi connectivity index (χ4v) is 2.69. The first-order valence-electron chi connectivity index (χ1n) is 5.77. The van der Waals surface area contributed by atoms with Crippen LogP contribution in [0, 0.1) is 6.92 Å². The lowest BCUT2D eigenvalue weighted by atomic mass is 10.3. The molecule has 2 amide bonds. The Morgan fingerprint density at radius 1 is 1.47 bits per heavy atom. The predicted octanol–water partition coefficient (Wildman–Crippen LogP) is 3.50. The molecule has 0 saturated carbocycles. The van der Waals surface area contributed by atoms with E-state index in [0.717, 1.165) is 21.3 Å². The maximum Gasteiger partial charge on any atom is 0.319 e. The Hall–Kier alpha value is -1.53. The number of aryl methyl sites for hydroxylation is 1. The summed E-state index contributed by atoms with van der Waals surface area (Å²) in [6, 6.07) is 7.52. The zero-order valence-electron chi connectivity index (χ0n) is 10.8. The van der Waals surface area contributed by atoms with Crippen molar-refractivity contribution in [3.63, 3.8) is 0 Å². The molecule has 1 aromatic heterocycles. The number of urea groups is 1. The highest BCUT2D eigenvalue weighted by Gasteiger charge is 2.04. The van der Waals surface area contributed by atoms with E-state index in [-0.39, 0.29) is 6.03 Å². The Labute approximate surface area is 120 Å². The summed E-state index contributed by atoms with van der Waals surface area (Å²) in [5, 5.41) is 8.47. The first-order valence-corrected chi connectivity index (χ1v) is 7.88. The molecule has 2 N–H and O–H groups in total. The monoisotopic (exact) mass is 293 g/mol. The quantitative estimate of drug-likeness (QED) is 0.848. The van der Waals surface area contributed by atoms with Crippen LogP contribution < -0.4 is 10.6 Å². The van der Waals surface area contributed by atoms with Crippen LogP contribution in [0.1, 0.15) is 10.7 Å². The van der Waals surface area contributed by atoms with Crippen molar-refractivity contribution in [2.75, 3.05) is 11.6 Å². The van der Waals surface area contributed by atoms with E-state index in [1.54, 1.807) is 23.1 Å². The minimum Gasteiger partial charge on any atom is -0.331 e. The molecule has 0 aliphatic rings. The van der Waals surface area contributed by atoms with Crippen molar-refractivity contribution in [1.82, 2.24) is 10.3 Å². The van der Waals surface area contributed by atoms with E-state index in [0.29, 0.717) is 6.54 Å². The number of rotatable bonds is 4. The Morgan fingerprint density at radius 2 is 2.32 bits per heavy atom. The fraction of sp³-hybridized carbons (Fsp3) is 0.231. The largest absolute Gasteiger partial charge is 0.331 e. The summed E-state index contributed by atoms with van der Waals surface area (Å²) < 4.78 is 0. The number of thiazole rings is 1. The number of nitrogens with one attached hydrogen (secondary N) is 2. The minimum atomic E-state index is -0.217. The molecular formula is C13H15N3OS2. The number of hydrogen-bond acceptors (Lipinski definition) is 4. The van der Waals surface area contributed by atoms with E-state index in [4.69, 9.17) is 0 Å². The third-order valence-corrected chi connectivity index (χ3v) is 4.09. The van der Waals surface area contributed by atoms with Gasteiger partial charge in [0.1, 0.15) is 5.01 Å². The van der Waals surface area contributed by atoms with Gasteiger partial charge in [0.25, 0.3) is 0 Å². The average molecular weight is 293 g/mol. The lowest BCUT2D eigenvalue weighted by Crippen LogP contribution is -2.28. The van der Waals surface area contributed by atoms with Crippen LogP contribution in [-0.2, 0) is 6.54 Å². The number of amides is 2. The maximum atomic E-state index is 11.7. The molecule has 2 rings (SSSR count). The van der Waals surface area contributed by atoms with Gasteiger partial charge < -0.3 is 10.6 Å². The summed E-state index contributed by atoms with van der Waals surface area (Å²) in [5.74, 6) is 0. The lowest BCUT2D eigenvalue weighted by molar-refractivity contribution is 0.251. The van der Waals surface area contributed by atoms with E-state index in [2.05, 4.69) is 15.6 Å². The van der Waals surface area contributed by atoms with Crippen LogP contribution in [0.2, 0.25) is 0 Å². The molecule has 2 aromatic rings. The van der Waals surface area contributed by atoms with Crippen LogP contribution in [0.5, 0.6) is 0 Å². The molecule has 0 fully saturated rings. The van der Waals surface area contributed by atoms with Gasteiger partial charge in [-0.05, 0) is 31.4 Å². The van der Waals surface area contributed by atoms with Crippen LogP contribution in [0.4, 0.5) is 10.5 Å². The molecule has 6 heteroatoms. The third-order valence-electron chi connectivity index (χ3n) is 2.39. The zero-order valence-corrected chi connectivity index (χ0v) is 12.4. The Kier molecular flexibility index (Phi) is 4.81. The number of carbonyl (C=O) groups excluding carboxylic acids is 1. The van der Waals surface area contributed by atoms with Gasteiger partial charge in [-0.2, -0.15) is 0 Å². The van der Waals surface area contributed by atoms with Crippen molar-refractivity contribution in [3.8, 4) is 0 Å². The fourth-order valence-electron chi connectivity index (χ4n) is 1.52. The van der Waals surface area contributed by atoms with Gasteiger partial charge in [0, 0.05) is 21.7 Å². The van der Waals surface area contributed by atoms with Gasteiger partial charge in [0.05, 0.1) is 6.54 Å². The molecule has 0 bridgehead atoms. The van der Waals surface area contributed by atoms with Gasteiger partial charge in [-0.1, -0.05) is 6.07 Å². The third kappa shape index (κ3) is 4.25. The van der Waals surface area contributed by atoms with Crippen molar-refractivity contribution in [2.45, 2.75) is 18.4 Å². The SMILES string of the molecule is CSc1cccc(NC(=O)NCc2nc(C)cs2)c1. The number of hydrogen-bond donors (Lipinski definition) is 2. The van der Waals surface area contributed by atoms with E-state index in [1.807, 2.05) is 42.8 Å². The number of aromatic nitrogens is 1. The predicted molar refractivity (Wildman–Crippen MR) is 80.9 cm³/mol. The van der Waals surface area contributed by atoms with Gasteiger partial charge in [-0.3, -0.25) is 0 Å². The van der Waals surface area contributed by atoms with Gasteiger partial charge in [-0.15, -0.1) is 23.1 Å². The number of thioether (sulfide) groups is 1. The van der Waals surface area contributed by atoms with Gasteiger partial charge in [0.15, 0.2) is 0 Å². The van der Waals surface area contributed by atoms with Crippen molar-refractivity contribution in [1.29, 1.82) is 0 Å². The van der Waals surface area contributed by atoms with Crippen molar-refractivity contribution < 1.29 is 4.79 Å². The molecule has 0 aliphatic carbocycles. The lowest BCUT2D eigenvalue weighted by Gasteiger charge is -2.07. The van der Waals surface area contributed by atoms with Crippen LogP contribution in [0.25, 0.3) is 0 Å². The zero-order chi connectivity index (χ0) is 13.7. The smallest absolute Gasteiger partial charge is 0.319 e. The Morgan fingerprint density at radius 3 is 3.00 bits per heavy atom. The average Bonchev–Trinajstić information content (AvgIpc) is 2.82. The summed E-state index contributed by atoms with van der Waals surface area (Å²) in [6.07, 6.45) is 2.00. The first kappa shape index (κ1) is 13.9. The van der Waals surface area contributed by atoms with Crippen molar-refractivity contribution >= 4 is 34.8 Å². The summed E-state index contributed by atoms with van der Waals surface area (Å²) in [7, 11) is 0. The maximum absolute atomic E-state index is 11.7. The van der Waals surface area contributed by atoms with Crippen molar-refractivity contribution in [2.24, 2.45) is 0 Å². The van der Waals surface area contributed by atoms with E-state index >= 15 is 0 Å². The molecule has 19 heavy (non-hydrogen) atoms. The number of carbonyl (C=O) groups is 1. The molecule has 0 saturated heterocycles. The molecule has 100 valence electrons. The number of benzene rings is 1. The molecule has 1 aromatic carbocycles. The van der Waals surface area contributed by atoms with Crippen molar-refractivity contribution in [3.05, 3.63) is 40.3 Å². The highest BCUT2D eigenvalue weighted by Crippen LogP contribution is 2.18. The highest BCUT2D eigenvalue weighted by atomic mass is 32.2. The summed E-state index contributed by atoms with van der Waals surface area (Å²) in [5.41, 5.74) is 1.77. The van der Waals surface area contributed by atoms with E-state index in [1.165, 1.54) is 0 Å². The molecule has 4 nitrogen and oxygen atoms in total. The Balaban J connectivity index is 1.86.